The van der Waals surface area contributed by atoms with Gasteiger partial charge < -0.3 is 64.7 Å². The van der Waals surface area contributed by atoms with Gasteiger partial charge in [0, 0.05) is 12.8 Å². The van der Waals surface area contributed by atoms with Gasteiger partial charge in [0.2, 0.25) is 0 Å². The smallest absolute Gasteiger partial charge is 0.462 e. The van der Waals surface area contributed by atoms with E-state index < -0.39 is 113 Å². The normalized spacial score (nSPS) is 27.2. The van der Waals surface area contributed by atoms with Gasteiger partial charge in [-0.05, 0) is 38.5 Å². The molecule has 0 aromatic carbocycles. The number of carbonyl (C=O) groups is 2. The van der Waals surface area contributed by atoms with Gasteiger partial charge in [-0.1, -0.05) is 174 Å². The predicted molar refractivity (Wildman–Crippen MR) is 268 cm³/mol. The van der Waals surface area contributed by atoms with Crippen LogP contribution in [0.2, 0.25) is 0 Å². The topological polar surface area (TPSA) is 289 Å². The Morgan fingerprint density at radius 3 is 1.41 bits per heavy atom. The highest BCUT2D eigenvalue weighted by atomic mass is 31.2. The fourth-order valence-electron chi connectivity index (χ4n) is 8.93. The summed E-state index contributed by atoms with van der Waals surface area (Å²) in [5.41, 5.74) is 0. The third-order valence-corrected chi connectivity index (χ3v) is 14.5. The third-order valence-electron chi connectivity index (χ3n) is 13.5. The summed E-state index contributed by atoms with van der Waals surface area (Å²) in [6, 6.07) is 0. The van der Waals surface area contributed by atoms with Crippen LogP contribution in [0.4, 0.5) is 0 Å². The van der Waals surface area contributed by atoms with E-state index in [0.29, 0.717) is 12.8 Å². The van der Waals surface area contributed by atoms with Crippen molar-refractivity contribution < 1.29 is 87.9 Å². The number of ether oxygens (including phenoxy) is 4. The van der Waals surface area contributed by atoms with Crippen LogP contribution < -0.4 is 0 Å². The standard InChI is InChI=1S/C52H97O18P/c1-3-5-7-9-11-13-15-17-19-21-23-25-27-29-31-33-35-42(55)67-39(37-65-41(54)34-32-30-28-26-24-22-20-18-16-14-12-10-8-6-4-2)38-66-71(63,64)70-51-48(61)46(59)45(58)47(60)50(51)69-52-49(62)44(57)43(56)40(36-53)68-52/h14,16,39-40,43-53,56-62H,3-13,15,17-38H2,1-2H3,(H,63,64)/b16-14-. The lowest BCUT2D eigenvalue weighted by molar-refractivity contribution is -0.338. The molecule has 13 unspecified atom stereocenters. The minimum atomic E-state index is -5.37. The molecule has 0 radical (unpaired) electrons. The van der Waals surface area contributed by atoms with Gasteiger partial charge in [-0.25, -0.2) is 4.57 Å². The van der Waals surface area contributed by atoms with Crippen LogP contribution in [0.5, 0.6) is 0 Å². The molecule has 1 saturated carbocycles. The van der Waals surface area contributed by atoms with E-state index in [2.05, 4.69) is 26.0 Å². The Labute approximate surface area is 424 Å². The molecular formula is C52H97O18P. The Hall–Kier alpha value is -1.61. The maximum absolute atomic E-state index is 13.4. The van der Waals surface area contributed by atoms with E-state index in [4.69, 9.17) is 28.0 Å². The highest BCUT2D eigenvalue weighted by Crippen LogP contribution is 2.48. The lowest BCUT2D eigenvalue weighted by atomic mass is 9.84. The summed E-state index contributed by atoms with van der Waals surface area (Å²) in [5.74, 6) is -1.21. The van der Waals surface area contributed by atoms with Crippen LogP contribution in [-0.2, 0) is 42.1 Å². The van der Waals surface area contributed by atoms with Crippen molar-refractivity contribution in [2.24, 2.45) is 0 Å². The van der Waals surface area contributed by atoms with Crippen LogP contribution in [0.25, 0.3) is 0 Å². The van der Waals surface area contributed by atoms with Gasteiger partial charge in [-0.15, -0.1) is 0 Å². The summed E-state index contributed by atoms with van der Waals surface area (Å²) >= 11 is 0. The molecule has 19 heteroatoms. The molecule has 2 fully saturated rings. The van der Waals surface area contributed by atoms with Crippen molar-refractivity contribution in [2.45, 2.75) is 286 Å². The predicted octanol–water partition coefficient (Wildman–Crippen LogP) is 7.28. The molecular weight excluding hydrogens is 944 g/mol. The molecule has 1 aliphatic heterocycles. The van der Waals surface area contributed by atoms with Crippen LogP contribution in [0.1, 0.15) is 213 Å². The summed E-state index contributed by atoms with van der Waals surface area (Å²) in [6.07, 6.45) is 14.2. The van der Waals surface area contributed by atoms with Crippen molar-refractivity contribution in [1.82, 2.24) is 0 Å². The number of esters is 2. The van der Waals surface area contributed by atoms with Gasteiger partial charge in [0.25, 0.3) is 0 Å². The highest BCUT2D eigenvalue weighted by Gasteiger charge is 2.55. The number of carbonyl (C=O) groups excluding carboxylic acids is 2. The molecule has 418 valence electrons. The van der Waals surface area contributed by atoms with Crippen LogP contribution in [0.15, 0.2) is 12.2 Å². The molecule has 2 rings (SSSR count). The number of hydrogen-bond donors (Lipinski definition) is 9. The number of rotatable bonds is 43. The van der Waals surface area contributed by atoms with E-state index in [-0.39, 0.29) is 12.8 Å². The van der Waals surface area contributed by atoms with Gasteiger partial charge in [0.1, 0.15) is 67.6 Å². The highest BCUT2D eigenvalue weighted by molar-refractivity contribution is 7.47. The van der Waals surface area contributed by atoms with Crippen molar-refractivity contribution in [3.8, 4) is 0 Å². The largest absolute Gasteiger partial charge is 0.472 e. The number of phosphoric ester groups is 1. The van der Waals surface area contributed by atoms with Crippen molar-refractivity contribution in [1.29, 1.82) is 0 Å². The van der Waals surface area contributed by atoms with Crippen molar-refractivity contribution >= 4 is 19.8 Å². The number of aliphatic hydroxyl groups is 8. The molecule has 18 nitrogen and oxygen atoms in total. The van der Waals surface area contributed by atoms with Gasteiger partial charge in [0.05, 0.1) is 13.2 Å². The fourth-order valence-corrected chi connectivity index (χ4v) is 9.90. The first kappa shape index (κ1) is 65.5. The summed E-state index contributed by atoms with van der Waals surface area (Å²) in [5, 5.41) is 83.1. The first-order valence-electron chi connectivity index (χ1n) is 27.5. The second-order valence-corrected chi connectivity index (χ2v) is 21.2. The van der Waals surface area contributed by atoms with E-state index in [9.17, 15) is 59.9 Å². The molecule has 1 aliphatic carbocycles. The quantitative estimate of drug-likeness (QED) is 0.0126. The van der Waals surface area contributed by atoms with Crippen molar-refractivity contribution in [3.05, 3.63) is 12.2 Å². The van der Waals surface area contributed by atoms with Crippen LogP contribution in [-0.4, -0.2) is 151 Å². The fraction of sp³-hybridized carbons (Fsp3) is 0.923. The van der Waals surface area contributed by atoms with Crippen LogP contribution >= 0.6 is 7.82 Å². The van der Waals surface area contributed by atoms with E-state index in [1.807, 2.05) is 0 Å². The zero-order valence-electron chi connectivity index (χ0n) is 43.3. The maximum atomic E-state index is 13.4. The monoisotopic (exact) mass is 1040 g/mol. The van der Waals surface area contributed by atoms with Gasteiger partial charge in [-0.2, -0.15) is 0 Å². The van der Waals surface area contributed by atoms with Gasteiger partial charge in [-0.3, -0.25) is 18.6 Å². The molecule has 0 amide bonds. The summed E-state index contributed by atoms with van der Waals surface area (Å²) in [7, 11) is -5.37. The number of hydrogen-bond acceptors (Lipinski definition) is 17. The molecule has 9 N–H and O–H groups in total. The molecule has 0 spiro atoms. The van der Waals surface area contributed by atoms with E-state index in [1.54, 1.807) is 0 Å². The number of unbranched alkanes of at least 4 members (excludes halogenated alkanes) is 26. The Morgan fingerprint density at radius 2 is 0.930 bits per heavy atom. The molecule has 0 bridgehead atoms. The lowest BCUT2D eigenvalue weighted by Gasteiger charge is -2.47. The number of allylic oxidation sites excluding steroid dienone is 2. The maximum Gasteiger partial charge on any atom is 0.472 e. The minimum absolute atomic E-state index is 0.0370. The van der Waals surface area contributed by atoms with E-state index in [1.165, 1.54) is 96.3 Å². The zero-order valence-corrected chi connectivity index (χ0v) is 44.2. The molecule has 1 saturated heterocycles. The Kier molecular flexibility index (Phi) is 36.7. The molecule has 0 aromatic heterocycles. The first-order valence-corrected chi connectivity index (χ1v) is 29.0. The summed E-state index contributed by atoms with van der Waals surface area (Å²) in [4.78, 5) is 36.6. The van der Waals surface area contributed by atoms with Gasteiger partial charge in [0.15, 0.2) is 12.4 Å². The lowest BCUT2D eigenvalue weighted by Crippen LogP contribution is -2.67. The van der Waals surface area contributed by atoms with Crippen molar-refractivity contribution in [3.63, 3.8) is 0 Å². The molecule has 1 heterocycles. The Balaban J connectivity index is 1.91. The third kappa shape index (κ3) is 28.2. The van der Waals surface area contributed by atoms with E-state index >= 15 is 0 Å². The van der Waals surface area contributed by atoms with Crippen LogP contribution in [0.3, 0.4) is 0 Å². The Morgan fingerprint density at radius 1 is 0.521 bits per heavy atom. The minimum Gasteiger partial charge on any atom is -0.462 e. The molecule has 0 aromatic rings. The Bertz CT molecular complexity index is 1420. The van der Waals surface area contributed by atoms with Gasteiger partial charge >= 0.3 is 19.8 Å². The average Bonchev–Trinajstić information content (AvgIpc) is 3.35. The first-order chi connectivity index (χ1) is 34.2. The SMILES string of the molecule is CCCCCC/C=C\CCCCCCCCCC(=O)OCC(COP(=O)(O)OC1C(O)C(O)C(O)C(O)C1OC1OC(CO)C(O)C(O)C1O)OC(=O)CCCCCCCCCCCCCCCCCC. The molecule has 2 aliphatic rings. The van der Waals surface area contributed by atoms with Crippen molar-refractivity contribution in [2.75, 3.05) is 19.8 Å². The van der Waals surface area contributed by atoms with Crippen LogP contribution in [0, 0.1) is 0 Å². The average molecular weight is 1040 g/mol. The summed E-state index contributed by atoms with van der Waals surface area (Å²) in [6.45, 7) is 2.24. The number of phosphoric acid groups is 1. The van der Waals surface area contributed by atoms with E-state index in [0.717, 1.165) is 77.0 Å². The zero-order chi connectivity index (χ0) is 52.3. The second-order valence-electron chi connectivity index (χ2n) is 19.8. The summed E-state index contributed by atoms with van der Waals surface area (Å²) < 4.78 is 45.6. The molecule has 71 heavy (non-hydrogen) atoms. The number of aliphatic hydroxyl groups excluding tert-OH is 8. The second kappa shape index (κ2) is 39.8. The molecule has 13 atom stereocenters.